The van der Waals surface area contributed by atoms with Crippen LogP contribution in [-0.2, 0) is 9.47 Å². The number of imidazole rings is 1. The van der Waals surface area contributed by atoms with Crippen molar-refractivity contribution in [2.45, 2.75) is 62.7 Å². The van der Waals surface area contributed by atoms with E-state index in [4.69, 9.17) is 21.1 Å². The Bertz CT molecular complexity index is 931. The molecule has 4 rings (SSSR count). The summed E-state index contributed by atoms with van der Waals surface area (Å²) in [6.07, 6.45) is 1.93. The van der Waals surface area contributed by atoms with Crippen LogP contribution in [0.2, 0.25) is 5.28 Å². The number of nitrogens with one attached hydrogen (secondary N) is 2. The van der Waals surface area contributed by atoms with E-state index in [0.717, 1.165) is 25.7 Å². The third-order valence-corrected chi connectivity index (χ3v) is 5.85. The van der Waals surface area contributed by atoms with Crippen LogP contribution in [-0.4, -0.2) is 73.3 Å². The average Bonchev–Trinajstić information content (AvgIpc) is 3.41. The number of carbonyl (C=O) groups is 1. The van der Waals surface area contributed by atoms with Gasteiger partial charge in [-0.15, -0.1) is 0 Å². The second-order valence-corrected chi connectivity index (χ2v) is 8.18. The van der Waals surface area contributed by atoms with Crippen LogP contribution in [0.3, 0.4) is 0 Å². The van der Waals surface area contributed by atoms with Gasteiger partial charge in [-0.1, -0.05) is 12.8 Å². The molecule has 0 radical (unpaired) electrons. The average molecular weight is 441 g/mol. The Kier molecular flexibility index (Phi) is 5.71. The van der Waals surface area contributed by atoms with Gasteiger partial charge >= 0.3 is 6.09 Å². The topological polar surface area (TPSA) is 144 Å². The van der Waals surface area contributed by atoms with Gasteiger partial charge in [-0.2, -0.15) is 9.97 Å². The Morgan fingerprint density at radius 3 is 2.87 bits per heavy atom. The number of hydrogen-bond acceptors (Lipinski definition) is 9. The van der Waals surface area contributed by atoms with Crippen LogP contribution in [0.25, 0.3) is 11.2 Å². The molecule has 2 fully saturated rings. The van der Waals surface area contributed by atoms with E-state index in [9.17, 15) is 15.0 Å². The van der Waals surface area contributed by atoms with Crippen molar-refractivity contribution < 1.29 is 24.5 Å². The zero-order valence-corrected chi connectivity index (χ0v) is 17.5. The summed E-state index contributed by atoms with van der Waals surface area (Å²) >= 11 is 6.15. The van der Waals surface area contributed by atoms with E-state index in [-0.39, 0.29) is 11.9 Å². The van der Waals surface area contributed by atoms with Gasteiger partial charge in [0.05, 0.1) is 6.33 Å². The van der Waals surface area contributed by atoms with Gasteiger partial charge in [0, 0.05) is 13.1 Å². The number of halogens is 1. The normalized spacial score (nSPS) is 29.4. The van der Waals surface area contributed by atoms with Crippen LogP contribution in [0.5, 0.6) is 0 Å². The van der Waals surface area contributed by atoms with Gasteiger partial charge in [0.1, 0.15) is 24.4 Å². The van der Waals surface area contributed by atoms with E-state index in [1.165, 1.54) is 24.9 Å². The summed E-state index contributed by atoms with van der Waals surface area (Å²) < 4.78 is 12.3. The monoisotopic (exact) mass is 440 g/mol. The van der Waals surface area contributed by atoms with Crippen molar-refractivity contribution in [3.05, 3.63) is 11.6 Å². The fourth-order valence-electron chi connectivity index (χ4n) is 4.03. The highest BCUT2D eigenvalue weighted by molar-refractivity contribution is 6.28. The second-order valence-electron chi connectivity index (χ2n) is 7.84. The third kappa shape index (κ3) is 3.78. The highest BCUT2D eigenvalue weighted by atomic mass is 35.5. The summed E-state index contributed by atoms with van der Waals surface area (Å²) in [7, 11) is 1.42. The smallest absolute Gasteiger partial charge is 0.406 e. The Labute approximate surface area is 177 Å². The first-order valence-corrected chi connectivity index (χ1v) is 10.3. The molecule has 1 amide bonds. The molecule has 0 bridgehead atoms. The molecule has 164 valence electrons. The molecule has 1 saturated heterocycles. The van der Waals surface area contributed by atoms with Crippen LogP contribution in [0.4, 0.5) is 10.6 Å². The molecular weight excluding hydrogens is 416 g/mol. The molecule has 2 aromatic rings. The summed E-state index contributed by atoms with van der Waals surface area (Å²) in [5.74, 6) is 0.522. The molecule has 0 spiro atoms. The van der Waals surface area contributed by atoms with Gasteiger partial charge in [0.2, 0.25) is 5.28 Å². The van der Waals surface area contributed by atoms with E-state index in [1.807, 2.05) is 0 Å². The lowest BCUT2D eigenvalue weighted by Gasteiger charge is -2.27. The minimum absolute atomic E-state index is 0.0300. The molecule has 12 heteroatoms. The number of hydrogen-bond donors (Lipinski definition) is 4. The Balaban J connectivity index is 1.63. The van der Waals surface area contributed by atoms with Crippen molar-refractivity contribution in [3.63, 3.8) is 0 Å². The van der Waals surface area contributed by atoms with Gasteiger partial charge in [0.25, 0.3) is 0 Å². The summed E-state index contributed by atoms with van der Waals surface area (Å²) in [6, 6.07) is 0.295. The number of anilines is 1. The maximum Gasteiger partial charge on any atom is 0.406 e. The van der Waals surface area contributed by atoms with Crippen molar-refractivity contribution in [1.29, 1.82) is 0 Å². The molecule has 1 saturated carbocycles. The lowest BCUT2D eigenvalue weighted by atomic mass is 9.96. The molecule has 3 heterocycles. The van der Waals surface area contributed by atoms with Crippen LogP contribution in [0.15, 0.2) is 6.33 Å². The molecule has 11 nitrogen and oxygen atoms in total. The maximum atomic E-state index is 11.4. The van der Waals surface area contributed by atoms with E-state index in [0.29, 0.717) is 23.0 Å². The van der Waals surface area contributed by atoms with E-state index >= 15 is 0 Å². The number of carbonyl (C=O) groups excluding carboxylic acids is 1. The van der Waals surface area contributed by atoms with E-state index < -0.39 is 30.1 Å². The molecule has 2 aromatic heterocycles. The second kappa shape index (κ2) is 8.14. The van der Waals surface area contributed by atoms with Gasteiger partial charge in [-0.05, 0) is 31.4 Å². The molecule has 30 heavy (non-hydrogen) atoms. The largest absolute Gasteiger partial charge is 0.447 e. The van der Waals surface area contributed by atoms with Crippen molar-refractivity contribution in [3.8, 4) is 0 Å². The molecule has 2 aliphatic rings. The summed E-state index contributed by atoms with van der Waals surface area (Å²) in [6.45, 7) is 1.21. The zero-order valence-electron chi connectivity index (χ0n) is 16.7. The quantitative estimate of drug-likeness (QED) is 0.504. The number of alkyl carbamates (subject to hydrolysis) is 1. The number of amides is 1. The fourth-order valence-corrected chi connectivity index (χ4v) is 4.20. The molecule has 0 unspecified atom stereocenters. The summed E-state index contributed by atoms with van der Waals surface area (Å²) in [5, 5.41) is 27.2. The number of nitrogens with zero attached hydrogens (tertiary/aromatic N) is 4. The van der Waals surface area contributed by atoms with Gasteiger partial charge < -0.3 is 30.3 Å². The number of fused-ring (bicyclic) bond motifs is 1. The van der Waals surface area contributed by atoms with Crippen LogP contribution in [0.1, 0.15) is 38.8 Å². The first kappa shape index (κ1) is 21.0. The van der Waals surface area contributed by atoms with Crippen LogP contribution < -0.4 is 10.6 Å². The Morgan fingerprint density at radius 1 is 1.43 bits per heavy atom. The number of ether oxygens (including phenoxy) is 2. The molecule has 1 aliphatic carbocycles. The Morgan fingerprint density at radius 2 is 2.17 bits per heavy atom. The van der Waals surface area contributed by atoms with Crippen molar-refractivity contribution in [2.24, 2.45) is 0 Å². The lowest BCUT2D eigenvalue weighted by Crippen LogP contribution is -2.44. The molecule has 4 N–H and O–H groups in total. The van der Waals surface area contributed by atoms with Crippen molar-refractivity contribution in [1.82, 2.24) is 24.8 Å². The maximum absolute atomic E-state index is 11.4. The molecular formula is C18H25ClN6O5. The standard InChI is InChI=1S/C18H25ClN6O5/c1-18(28)12(26)10(7-29-17(27)20-2)30-15(18)25-8-21-11-13(22-9-5-3-4-6-9)23-16(19)24-14(11)25/h8-10,12,15,26,28H,3-7H2,1-2H3,(H,20,27)(H,22,23,24)/t10-,12-,15-,18-/m1/s1. The van der Waals surface area contributed by atoms with Crippen molar-refractivity contribution in [2.75, 3.05) is 19.0 Å². The van der Waals surface area contributed by atoms with E-state index in [2.05, 4.69) is 25.6 Å². The number of aromatic nitrogens is 4. The number of aliphatic hydroxyl groups is 2. The third-order valence-electron chi connectivity index (χ3n) is 5.68. The lowest BCUT2D eigenvalue weighted by molar-refractivity contribution is -0.0951. The number of aliphatic hydroxyl groups excluding tert-OH is 1. The predicted octanol–water partition coefficient (Wildman–Crippen LogP) is 1.20. The van der Waals surface area contributed by atoms with Gasteiger partial charge in [-0.3, -0.25) is 4.57 Å². The fraction of sp³-hybridized carbons (Fsp3) is 0.667. The Hall–Kier alpha value is -2.21. The van der Waals surface area contributed by atoms with Crippen LogP contribution >= 0.6 is 11.6 Å². The predicted molar refractivity (Wildman–Crippen MR) is 107 cm³/mol. The van der Waals surface area contributed by atoms with Gasteiger partial charge in [0.15, 0.2) is 23.2 Å². The highest BCUT2D eigenvalue weighted by Gasteiger charge is 2.54. The first-order chi connectivity index (χ1) is 14.3. The highest BCUT2D eigenvalue weighted by Crippen LogP contribution is 2.40. The van der Waals surface area contributed by atoms with E-state index in [1.54, 1.807) is 0 Å². The minimum atomic E-state index is -1.69. The minimum Gasteiger partial charge on any atom is -0.447 e. The molecule has 0 aromatic carbocycles. The summed E-state index contributed by atoms with van der Waals surface area (Å²) in [4.78, 5) is 24.3. The SMILES string of the molecule is CNC(=O)OC[C@H]1O[C@@H](n2cnc3c(NC4CCCC4)nc(Cl)nc32)[C@](C)(O)[C@@H]1O. The van der Waals surface area contributed by atoms with Gasteiger partial charge in [-0.25, -0.2) is 9.78 Å². The summed E-state index contributed by atoms with van der Waals surface area (Å²) in [5.41, 5.74) is -0.841. The zero-order chi connectivity index (χ0) is 21.5. The first-order valence-electron chi connectivity index (χ1n) is 9.88. The molecule has 1 aliphatic heterocycles. The van der Waals surface area contributed by atoms with Crippen molar-refractivity contribution >= 4 is 34.7 Å². The number of rotatable bonds is 5. The van der Waals surface area contributed by atoms with Crippen LogP contribution in [0, 0.1) is 0 Å². The molecule has 4 atom stereocenters.